The van der Waals surface area contributed by atoms with E-state index >= 15 is 0 Å². The number of rotatable bonds is 7. The molecule has 0 saturated carbocycles. The van der Waals surface area contributed by atoms with E-state index in [0.717, 1.165) is 13.0 Å². The molecule has 106 valence electrons. The van der Waals surface area contributed by atoms with Crippen LogP contribution >= 0.6 is 0 Å². The number of hydrogen-bond donors (Lipinski definition) is 3. The Balaban J connectivity index is 4.06. The molecule has 4 N–H and O–H groups in total. The topological polar surface area (TPSA) is 91.0 Å². The third kappa shape index (κ3) is 4.91. The van der Waals surface area contributed by atoms with Crippen LogP contribution in [0.25, 0.3) is 0 Å². The van der Waals surface area contributed by atoms with E-state index in [1.54, 1.807) is 13.8 Å². The maximum Gasteiger partial charge on any atom is 0.233 e. The van der Waals surface area contributed by atoms with E-state index in [1.807, 2.05) is 7.05 Å². The van der Waals surface area contributed by atoms with Gasteiger partial charge in [0.15, 0.2) is 5.84 Å². The Morgan fingerprint density at radius 1 is 1.50 bits per heavy atom. The standard InChI is InChI=1S/C12H26N4O2/c1-9(2)16(5)8-6-7-14-11(17)12(3,4)10(13)15-18/h9,18H,6-8H2,1-5H3,(H2,13,15)(H,14,17). The molecule has 0 aromatic heterocycles. The van der Waals surface area contributed by atoms with E-state index < -0.39 is 5.41 Å². The van der Waals surface area contributed by atoms with E-state index in [9.17, 15) is 4.79 Å². The molecule has 0 spiro atoms. The lowest BCUT2D eigenvalue weighted by Gasteiger charge is -2.23. The molecule has 0 unspecified atom stereocenters. The fraction of sp³-hybridized carbons (Fsp3) is 0.833. The number of nitrogens with one attached hydrogen (secondary N) is 1. The van der Waals surface area contributed by atoms with Gasteiger partial charge in [-0.1, -0.05) is 5.16 Å². The summed E-state index contributed by atoms with van der Waals surface area (Å²) in [7, 11) is 2.05. The maximum atomic E-state index is 11.8. The Hall–Kier alpha value is -1.30. The van der Waals surface area contributed by atoms with Gasteiger partial charge in [0, 0.05) is 12.6 Å². The zero-order valence-corrected chi connectivity index (χ0v) is 12.0. The van der Waals surface area contributed by atoms with Gasteiger partial charge in [0.05, 0.1) is 0 Å². The Kier molecular flexibility index (Phi) is 6.68. The first-order valence-electron chi connectivity index (χ1n) is 6.20. The highest BCUT2D eigenvalue weighted by Gasteiger charge is 2.32. The van der Waals surface area contributed by atoms with Gasteiger partial charge in [0.25, 0.3) is 0 Å². The first kappa shape index (κ1) is 16.7. The van der Waals surface area contributed by atoms with Gasteiger partial charge in [-0.05, 0) is 47.7 Å². The Labute approximate surface area is 109 Å². The molecule has 0 rings (SSSR count). The van der Waals surface area contributed by atoms with Gasteiger partial charge >= 0.3 is 0 Å². The Bertz CT molecular complexity index is 300. The van der Waals surface area contributed by atoms with Crippen LogP contribution in [0.5, 0.6) is 0 Å². The second-order valence-corrected chi connectivity index (χ2v) is 5.29. The molecule has 0 fully saturated rings. The third-order valence-electron chi connectivity index (χ3n) is 3.17. The summed E-state index contributed by atoms with van der Waals surface area (Å²) in [5, 5.41) is 14.3. The number of nitrogens with two attached hydrogens (primary N) is 1. The van der Waals surface area contributed by atoms with Gasteiger partial charge < -0.3 is 21.2 Å². The summed E-state index contributed by atoms with van der Waals surface area (Å²) in [6, 6.07) is 0.495. The SMILES string of the molecule is CC(C)N(C)CCCNC(=O)C(C)(C)C(N)=NO. The molecule has 0 bridgehead atoms. The largest absolute Gasteiger partial charge is 0.409 e. The van der Waals surface area contributed by atoms with Crippen LogP contribution in [0.4, 0.5) is 0 Å². The van der Waals surface area contributed by atoms with Crippen LogP contribution in [-0.4, -0.2) is 48.0 Å². The summed E-state index contributed by atoms with van der Waals surface area (Å²) in [5.74, 6) is -0.315. The van der Waals surface area contributed by atoms with Crippen molar-refractivity contribution in [2.45, 2.75) is 40.2 Å². The monoisotopic (exact) mass is 258 g/mol. The molecule has 6 heteroatoms. The van der Waals surface area contributed by atoms with Crippen molar-refractivity contribution < 1.29 is 10.0 Å². The van der Waals surface area contributed by atoms with E-state index in [-0.39, 0.29) is 11.7 Å². The smallest absolute Gasteiger partial charge is 0.233 e. The molecule has 0 aromatic carbocycles. The van der Waals surface area contributed by atoms with Crippen LogP contribution in [0.3, 0.4) is 0 Å². The first-order chi connectivity index (χ1) is 8.23. The Morgan fingerprint density at radius 3 is 2.50 bits per heavy atom. The third-order valence-corrected chi connectivity index (χ3v) is 3.17. The van der Waals surface area contributed by atoms with E-state index in [2.05, 4.69) is 29.2 Å². The van der Waals surface area contributed by atoms with Crippen molar-refractivity contribution in [1.29, 1.82) is 0 Å². The lowest BCUT2D eigenvalue weighted by molar-refractivity contribution is -0.126. The minimum atomic E-state index is -0.987. The average Bonchev–Trinajstić information content (AvgIpc) is 2.32. The number of carbonyl (C=O) groups is 1. The predicted molar refractivity (Wildman–Crippen MR) is 72.6 cm³/mol. The molecule has 6 nitrogen and oxygen atoms in total. The van der Waals surface area contributed by atoms with Crippen LogP contribution in [0.1, 0.15) is 34.1 Å². The summed E-state index contributed by atoms with van der Waals surface area (Å²) in [4.78, 5) is 14.1. The zero-order valence-electron chi connectivity index (χ0n) is 12.0. The van der Waals surface area contributed by atoms with Crippen molar-refractivity contribution in [3.63, 3.8) is 0 Å². The van der Waals surface area contributed by atoms with E-state index in [1.165, 1.54) is 0 Å². The molecule has 0 radical (unpaired) electrons. The van der Waals surface area contributed by atoms with Crippen molar-refractivity contribution in [2.75, 3.05) is 20.1 Å². The van der Waals surface area contributed by atoms with E-state index in [0.29, 0.717) is 12.6 Å². The molecule has 0 heterocycles. The second-order valence-electron chi connectivity index (χ2n) is 5.29. The number of amidine groups is 1. The molecule has 18 heavy (non-hydrogen) atoms. The molecule has 1 amide bonds. The molecular formula is C12H26N4O2. The second kappa shape index (κ2) is 7.20. The van der Waals surface area contributed by atoms with Crippen molar-refractivity contribution in [1.82, 2.24) is 10.2 Å². The van der Waals surface area contributed by atoms with Gasteiger partial charge in [-0.2, -0.15) is 0 Å². The average molecular weight is 258 g/mol. The van der Waals surface area contributed by atoms with Crippen LogP contribution < -0.4 is 11.1 Å². The summed E-state index contributed by atoms with van der Waals surface area (Å²) < 4.78 is 0. The summed E-state index contributed by atoms with van der Waals surface area (Å²) in [6.07, 6.45) is 0.868. The van der Waals surface area contributed by atoms with Crippen LogP contribution in [0.2, 0.25) is 0 Å². The number of oxime groups is 1. The van der Waals surface area contributed by atoms with Crippen molar-refractivity contribution >= 4 is 11.7 Å². The first-order valence-corrected chi connectivity index (χ1v) is 6.20. The fourth-order valence-electron chi connectivity index (χ4n) is 1.25. The lowest BCUT2D eigenvalue weighted by Crippen LogP contribution is -2.46. The number of nitrogens with zero attached hydrogens (tertiary/aromatic N) is 2. The molecule has 0 aliphatic carbocycles. The van der Waals surface area contributed by atoms with Crippen LogP contribution in [0.15, 0.2) is 5.16 Å². The molecule has 0 aromatic rings. The van der Waals surface area contributed by atoms with Gasteiger partial charge in [0.1, 0.15) is 5.41 Å². The van der Waals surface area contributed by atoms with Crippen molar-refractivity contribution in [3.05, 3.63) is 0 Å². The predicted octanol–water partition coefficient (Wildman–Crippen LogP) is 0.606. The molecular weight excluding hydrogens is 232 g/mol. The minimum Gasteiger partial charge on any atom is -0.409 e. The molecule has 0 atom stereocenters. The number of carbonyl (C=O) groups excluding carboxylic acids is 1. The van der Waals surface area contributed by atoms with Gasteiger partial charge in [-0.25, -0.2) is 0 Å². The highest BCUT2D eigenvalue weighted by molar-refractivity contribution is 6.05. The van der Waals surface area contributed by atoms with Gasteiger partial charge in [0.2, 0.25) is 5.91 Å². The van der Waals surface area contributed by atoms with Gasteiger partial charge in [-0.15, -0.1) is 0 Å². The lowest BCUT2D eigenvalue weighted by atomic mass is 9.91. The summed E-state index contributed by atoms with van der Waals surface area (Å²) >= 11 is 0. The van der Waals surface area contributed by atoms with Crippen LogP contribution in [-0.2, 0) is 4.79 Å². The van der Waals surface area contributed by atoms with Crippen LogP contribution in [0, 0.1) is 5.41 Å². The maximum absolute atomic E-state index is 11.8. The molecule has 0 saturated heterocycles. The normalized spacial score (nSPS) is 13.2. The molecule has 0 aliphatic rings. The zero-order chi connectivity index (χ0) is 14.3. The minimum absolute atomic E-state index is 0.0840. The summed E-state index contributed by atoms with van der Waals surface area (Å²) in [6.45, 7) is 9.00. The van der Waals surface area contributed by atoms with Crippen molar-refractivity contribution in [3.8, 4) is 0 Å². The number of amides is 1. The Morgan fingerprint density at radius 2 is 2.06 bits per heavy atom. The van der Waals surface area contributed by atoms with Crippen molar-refractivity contribution in [2.24, 2.45) is 16.3 Å². The molecule has 0 aliphatic heterocycles. The highest BCUT2D eigenvalue weighted by atomic mass is 16.4. The highest BCUT2D eigenvalue weighted by Crippen LogP contribution is 2.14. The fourth-order valence-corrected chi connectivity index (χ4v) is 1.25. The number of hydrogen-bond acceptors (Lipinski definition) is 4. The van der Waals surface area contributed by atoms with E-state index in [4.69, 9.17) is 10.9 Å². The quantitative estimate of drug-likeness (QED) is 0.205. The summed E-state index contributed by atoms with van der Waals surface area (Å²) in [5.41, 5.74) is 4.49. The van der Waals surface area contributed by atoms with Gasteiger partial charge in [-0.3, -0.25) is 4.79 Å².